The number of hydrogen-bond acceptors (Lipinski definition) is 3. The molecule has 0 aliphatic carbocycles. The van der Waals surface area contributed by atoms with Gasteiger partial charge in [0.05, 0.1) is 18.4 Å². The van der Waals surface area contributed by atoms with Gasteiger partial charge in [-0.15, -0.1) is 0 Å². The predicted molar refractivity (Wildman–Crippen MR) is 57.8 cm³/mol. The lowest BCUT2D eigenvalue weighted by Crippen LogP contribution is -2.29. The lowest BCUT2D eigenvalue weighted by atomic mass is 10.1. The van der Waals surface area contributed by atoms with Crippen LogP contribution in [0.15, 0.2) is 24.3 Å². The molecule has 2 N–H and O–H groups in total. The van der Waals surface area contributed by atoms with E-state index in [9.17, 15) is 5.11 Å². The maximum Gasteiger partial charge on any atom is 0.141 e. The molecule has 1 aromatic rings. The third-order valence-corrected chi connectivity index (χ3v) is 1.82. The monoisotopic (exact) mass is 195 g/mol. The van der Waals surface area contributed by atoms with Gasteiger partial charge in [0, 0.05) is 6.54 Å². The molecule has 0 saturated heterocycles. The minimum Gasteiger partial charge on any atom is -0.495 e. The van der Waals surface area contributed by atoms with Gasteiger partial charge in [-0.2, -0.15) is 0 Å². The van der Waals surface area contributed by atoms with Crippen molar-refractivity contribution in [3.8, 4) is 5.75 Å². The zero-order chi connectivity index (χ0) is 10.6. The summed E-state index contributed by atoms with van der Waals surface area (Å²) in [6, 6.07) is 7.64. The van der Waals surface area contributed by atoms with Crippen molar-refractivity contribution in [3.63, 3.8) is 0 Å². The van der Waals surface area contributed by atoms with Gasteiger partial charge < -0.3 is 15.2 Å². The molecule has 0 unspecified atom stereocenters. The molecule has 3 nitrogen and oxygen atoms in total. The summed E-state index contributed by atoms with van der Waals surface area (Å²) in [4.78, 5) is 0. The highest BCUT2D eigenvalue weighted by Crippen LogP contribution is 2.23. The molecule has 0 spiro atoms. The highest BCUT2D eigenvalue weighted by molar-refractivity contribution is 5.56. The van der Waals surface area contributed by atoms with E-state index in [1.54, 1.807) is 21.0 Å². The van der Waals surface area contributed by atoms with Gasteiger partial charge in [0.25, 0.3) is 0 Å². The van der Waals surface area contributed by atoms with Gasteiger partial charge in [-0.1, -0.05) is 12.1 Å². The van der Waals surface area contributed by atoms with Crippen LogP contribution in [-0.4, -0.2) is 24.4 Å². The molecular formula is C11H17NO2. The Balaban J connectivity index is 2.67. The normalized spacial score (nSPS) is 11.1. The van der Waals surface area contributed by atoms with Crippen LogP contribution in [0.2, 0.25) is 0 Å². The molecule has 0 amide bonds. The molecule has 78 valence electrons. The van der Waals surface area contributed by atoms with E-state index in [4.69, 9.17) is 4.74 Å². The first-order valence-electron chi connectivity index (χ1n) is 4.62. The van der Waals surface area contributed by atoms with Gasteiger partial charge in [0.15, 0.2) is 0 Å². The fourth-order valence-electron chi connectivity index (χ4n) is 1.10. The van der Waals surface area contributed by atoms with Crippen LogP contribution < -0.4 is 10.1 Å². The van der Waals surface area contributed by atoms with E-state index >= 15 is 0 Å². The Bertz CT molecular complexity index is 292. The first-order chi connectivity index (χ1) is 6.53. The van der Waals surface area contributed by atoms with E-state index < -0.39 is 5.60 Å². The standard InChI is InChI=1S/C11H17NO2/c1-11(2,13)8-12-9-6-4-5-7-10(9)14-3/h4-7,12-13H,8H2,1-3H3. The third kappa shape index (κ3) is 3.26. The number of rotatable bonds is 4. The number of hydrogen-bond donors (Lipinski definition) is 2. The number of benzene rings is 1. The molecule has 3 heteroatoms. The molecule has 0 aliphatic heterocycles. The fourth-order valence-corrected chi connectivity index (χ4v) is 1.10. The number of ether oxygens (including phenoxy) is 1. The number of nitrogens with one attached hydrogen (secondary N) is 1. The molecule has 0 bridgehead atoms. The highest BCUT2D eigenvalue weighted by atomic mass is 16.5. The van der Waals surface area contributed by atoms with Gasteiger partial charge in [0.2, 0.25) is 0 Å². The average Bonchev–Trinajstić information content (AvgIpc) is 2.14. The summed E-state index contributed by atoms with van der Waals surface area (Å²) in [6.45, 7) is 4.01. The maximum atomic E-state index is 9.54. The van der Waals surface area contributed by atoms with Crippen LogP contribution in [0.4, 0.5) is 5.69 Å². The Morgan fingerprint density at radius 1 is 1.36 bits per heavy atom. The minimum absolute atomic E-state index is 0.493. The van der Waals surface area contributed by atoms with Crippen LogP contribution >= 0.6 is 0 Å². The Hall–Kier alpha value is -1.22. The quantitative estimate of drug-likeness (QED) is 0.770. The van der Waals surface area contributed by atoms with Crippen LogP contribution in [0.3, 0.4) is 0 Å². The van der Waals surface area contributed by atoms with Gasteiger partial charge >= 0.3 is 0 Å². The van der Waals surface area contributed by atoms with Crippen LogP contribution in [0.1, 0.15) is 13.8 Å². The number of aliphatic hydroxyl groups is 1. The fraction of sp³-hybridized carbons (Fsp3) is 0.455. The van der Waals surface area contributed by atoms with Gasteiger partial charge in [-0.05, 0) is 26.0 Å². The summed E-state index contributed by atoms with van der Waals surface area (Å²) in [6.07, 6.45) is 0. The lowest BCUT2D eigenvalue weighted by molar-refractivity contribution is 0.0945. The van der Waals surface area contributed by atoms with Gasteiger partial charge in [-0.3, -0.25) is 0 Å². The van der Waals surface area contributed by atoms with Crippen LogP contribution in [-0.2, 0) is 0 Å². The average molecular weight is 195 g/mol. The van der Waals surface area contributed by atoms with Crippen molar-refractivity contribution in [2.45, 2.75) is 19.4 Å². The molecule has 0 aliphatic rings. The zero-order valence-corrected chi connectivity index (χ0v) is 8.87. The minimum atomic E-state index is -0.721. The van der Waals surface area contributed by atoms with Crippen molar-refractivity contribution in [1.82, 2.24) is 0 Å². The molecule has 0 aromatic heterocycles. The first-order valence-corrected chi connectivity index (χ1v) is 4.62. The van der Waals surface area contributed by atoms with Crippen LogP contribution in [0.5, 0.6) is 5.75 Å². The summed E-state index contributed by atoms with van der Waals surface area (Å²) in [5.74, 6) is 0.789. The number of para-hydroxylation sites is 2. The molecule has 0 atom stereocenters. The van der Waals surface area contributed by atoms with Crippen molar-refractivity contribution >= 4 is 5.69 Å². The van der Waals surface area contributed by atoms with E-state index in [2.05, 4.69) is 5.32 Å². The summed E-state index contributed by atoms with van der Waals surface area (Å²) >= 11 is 0. The largest absolute Gasteiger partial charge is 0.495 e. The maximum absolute atomic E-state index is 9.54. The van der Waals surface area contributed by atoms with E-state index in [-0.39, 0.29) is 0 Å². The summed E-state index contributed by atoms with van der Waals surface area (Å²) in [5, 5.41) is 12.7. The number of methoxy groups -OCH3 is 1. The molecule has 14 heavy (non-hydrogen) atoms. The Labute approximate surface area is 84.7 Å². The second-order valence-corrected chi connectivity index (χ2v) is 3.87. The molecule has 1 rings (SSSR count). The van der Waals surface area contributed by atoms with Crippen molar-refractivity contribution in [3.05, 3.63) is 24.3 Å². The van der Waals surface area contributed by atoms with E-state index in [1.807, 2.05) is 24.3 Å². The highest BCUT2D eigenvalue weighted by Gasteiger charge is 2.12. The molecule has 0 saturated carbocycles. The lowest BCUT2D eigenvalue weighted by Gasteiger charge is -2.19. The van der Waals surface area contributed by atoms with Crippen molar-refractivity contribution in [2.75, 3.05) is 19.0 Å². The summed E-state index contributed by atoms with van der Waals surface area (Å²) in [7, 11) is 1.63. The summed E-state index contributed by atoms with van der Waals surface area (Å²) < 4.78 is 5.17. The Kier molecular flexibility index (Phi) is 3.36. The molecule has 1 aromatic carbocycles. The van der Waals surface area contributed by atoms with Crippen LogP contribution in [0, 0.1) is 0 Å². The molecular weight excluding hydrogens is 178 g/mol. The zero-order valence-electron chi connectivity index (χ0n) is 8.87. The second-order valence-electron chi connectivity index (χ2n) is 3.87. The van der Waals surface area contributed by atoms with Crippen molar-refractivity contribution in [2.24, 2.45) is 0 Å². The second kappa shape index (κ2) is 4.33. The van der Waals surface area contributed by atoms with Gasteiger partial charge in [-0.25, -0.2) is 0 Å². The van der Waals surface area contributed by atoms with Crippen molar-refractivity contribution < 1.29 is 9.84 Å². The van der Waals surface area contributed by atoms with E-state index in [1.165, 1.54) is 0 Å². The van der Waals surface area contributed by atoms with E-state index in [0.717, 1.165) is 11.4 Å². The molecule has 0 radical (unpaired) electrons. The van der Waals surface area contributed by atoms with Crippen molar-refractivity contribution in [1.29, 1.82) is 0 Å². The van der Waals surface area contributed by atoms with E-state index in [0.29, 0.717) is 6.54 Å². The predicted octanol–water partition coefficient (Wildman–Crippen LogP) is 1.88. The van der Waals surface area contributed by atoms with Crippen LogP contribution in [0.25, 0.3) is 0 Å². The number of anilines is 1. The smallest absolute Gasteiger partial charge is 0.141 e. The topological polar surface area (TPSA) is 41.5 Å². The molecule has 0 fully saturated rings. The third-order valence-electron chi connectivity index (χ3n) is 1.82. The first kappa shape index (κ1) is 10.9. The Morgan fingerprint density at radius 2 is 2.00 bits per heavy atom. The van der Waals surface area contributed by atoms with Gasteiger partial charge in [0.1, 0.15) is 5.75 Å². The Morgan fingerprint density at radius 3 is 2.57 bits per heavy atom. The SMILES string of the molecule is COc1ccccc1NCC(C)(C)O. The molecule has 0 heterocycles. The summed E-state index contributed by atoms with van der Waals surface area (Å²) in [5.41, 5.74) is 0.179.